The quantitative estimate of drug-likeness (QED) is 0.849. The van der Waals surface area contributed by atoms with Crippen molar-refractivity contribution in [2.45, 2.75) is 19.9 Å². The largest absolute Gasteiger partial charge is 0.384 e. The van der Waals surface area contributed by atoms with Crippen LogP contribution in [0.2, 0.25) is 0 Å². The van der Waals surface area contributed by atoms with Crippen molar-refractivity contribution in [1.82, 2.24) is 0 Å². The van der Waals surface area contributed by atoms with Gasteiger partial charge in [-0.05, 0) is 18.4 Å². The molecule has 2 aromatic carbocycles. The van der Waals surface area contributed by atoms with Gasteiger partial charge < -0.3 is 15.4 Å². The maximum absolute atomic E-state index is 6.06. The van der Waals surface area contributed by atoms with Crippen LogP contribution in [-0.2, 0) is 4.74 Å². The number of nitrogens with two attached hydrogens (primary N) is 1. The molecule has 2 rings (SSSR count). The van der Waals surface area contributed by atoms with Gasteiger partial charge in [0.25, 0.3) is 0 Å². The summed E-state index contributed by atoms with van der Waals surface area (Å²) >= 11 is 0. The summed E-state index contributed by atoms with van der Waals surface area (Å²) in [7, 11) is 1.75. The van der Waals surface area contributed by atoms with E-state index in [-0.39, 0.29) is 6.04 Å². The monoisotopic (exact) mass is 286 g/mol. The SMILES string of the molecule is CCN(c1cccc2ccccc12)C(CN)C(C)COC. The minimum atomic E-state index is 0.278. The molecule has 0 heterocycles. The molecule has 0 saturated heterocycles. The van der Waals surface area contributed by atoms with E-state index in [2.05, 4.69) is 61.2 Å². The van der Waals surface area contributed by atoms with Gasteiger partial charge in [0.15, 0.2) is 0 Å². The van der Waals surface area contributed by atoms with Gasteiger partial charge in [0.05, 0.1) is 6.61 Å². The first-order valence-corrected chi connectivity index (χ1v) is 7.66. The highest BCUT2D eigenvalue weighted by atomic mass is 16.5. The molecule has 0 fully saturated rings. The molecule has 0 aliphatic heterocycles. The zero-order chi connectivity index (χ0) is 15.2. The highest BCUT2D eigenvalue weighted by Gasteiger charge is 2.23. The summed E-state index contributed by atoms with van der Waals surface area (Å²) in [5, 5.41) is 2.55. The van der Waals surface area contributed by atoms with Crippen LogP contribution in [0.1, 0.15) is 13.8 Å². The fourth-order valence-corrected chi connectivity index (χ4v) is 3.08. The molecule has 0 saturated carbocycles. The molecule has 0 radical (unpaired) electrons. The second-order valence-electron chi connectivity index (χ2n) is 5.52. The van der Waals surface area contributed by atoms with E-state index in [4.69, 9.17) is 10.5 Å². The number of ether oxygens (including phenoxy) is 1. The van der Waals surface area contributed by atoms with Crippen molar-refractivity contribution in [2.24, 2.45) is 11.7 Å². The highest BCUT2D eigenvalue weighted by Crippen LogP contribution is 2.29. The summed E-state index contributed by atoms with van der Waals surface area (Å²) in [6, 6.07) is 15.3. The number of benzene rings is 2. The van der Waals surface area contributed by atoms with E-state index in [0.717, 1.165) is 13.2 Å². The van der Waals surface area contributed by atoms with Crippen LogP contribution in [0.5, 0.6) is 0 Å². The van der Waals surface area contributed by atoms with Crippen LogP contribution in [0, 0.1) is 5.92 Å². The van der Waals surface area contributed by atoms with Gasteiger partial charge in [-0.25, -0.2) is 0 Å². The average Bonchev–Trinajstić information content (AvgIpc) is 2.52. The third-order valence-corrected chi connectivity index (χ3v) is 4.14. The van der Waals surface area contributed by atoms with Gasteiger partial charge in [0, 0.05) is 43.2 Å². The van der Waals surface area contributed by atoms with Crippen molar-refractivity contribution in [1.29, 1.82) is 0 Å². The third kappa shape index (κ3) is 3.36. The van der Waals surface area contributed by atoms with Gasteiger partial charge >= 0.3 is 0 Å². The lowest BCUT2D eigenvalue weighted by molar-refractivity contribution is 0.146. The van der Waals surface area contributed by atoms with Crippen LogP contribution in [0.25, 0.3) is 10.8 Å². The summed E-state index contributed by atoms with van der Waals surface area (Å²) < 4.78 is 5.32. The van der Waals surface area contributed by atoms with Gasteiger partial charge in [-0.1, -0.05) is 43.3 Å². The Morgan fingerprint density at radius 3 is 2.52 bits per heavy atom. The van der Waals surface area contributed by atoms with Gasteiger partial charge in [-0.3, -0.25) is 0 Å². The van der Waals surface area contributed by atoms with E-state index < -0.39 is 0 Å². The third-order valence-electron chi connectivity index (χ3n) is 4.14. The predicted molar refractivity (Wildman–Crippen MR) is 90.9 cm³/mol. The second-order valence-corrected chi connectivity index (χ2v) is 5.52. The van der Waals surface area contributed by atoms with Crippen LogP contribution in [0.3, 0.4) is 0 Å². The lowest BCUT2D eigenvalue weighted by atomic mass is 9.99. The van der Waals surface area contributed by atoms with E-state index in [1.807, 2.05) is 0 Å². The zero-order valence-corrected chi connectivity index (χ0v) is 13.3. The number of rotatable bonds is 7. The first kappa shape index (κ1) is 15.8. The molecule has 2 atom stereocenters. The van der Waals surface area contributed by atoms with Crippen LogP contribution in [0.4, 0.5) is 5.69 Å². The smallest absolute Gasteiger partial charge is 0.0507 e. The molecule has 2 aromatic rings. The molecule has 114 valence electrons. The first-order valence-electron chi connectivity index (χ1n) is 7.66. The first-order chi connectivity index (χ1) is 10.2. The molecule has 0 spiro atoms. The summed E-state index contributed by atoms with van der Waals surface area (Å²) in [6.07, 6.45) is 0. The normalized spacial score (nSPS) is 14.1. The number of hydrogen-bond donors (Lipinski definition) is 1. The number of anilines is 1. The highest BCUT2D eigenvalue weighted by molar-refractivity contribution is 5.94. The molecule has 0 amide bonds. The van der Waals surface area contributed by atoms with Crippen molar-refractivity contribution in [3.05, 3.63) is 42.5 Å². The topological polar surface area (TPSA) is 38.5 Å². The molecule has 0 aliphatic carbocycles. The number of likely N-dealkylation sites (N-methyl/N-ethyl adjacent to an activating group) is 1. The van der Waals surface area contributed by atoms with Gasteiger partial charge in [0.2, 0.25) is 0 Å². The summed E-state index contributed by atoms with van der Waals surface area (Å²) in [5.41, 5.74) is 7.32. The molecule has 21 heavy (non-hydrogen) atoms. The fourth-order valence-electron chi connectivity index (χ4n) is 3.08. The molecule has 3 nitrogen and oxygen atoms in total. The lowest BCUT2D eigenvalue weighted by Crippen LogP contribution is -2.46. The maximum Gasteiger partial charge on any atom is 0.0507 e. The minimum absolute atomic E-state index is 0.278. The van der Waals surface area contributed by atoms with E-state index in [0.29, 0.717) is 12.5 Å². The van der Waals surface area contributed by atoms with E-state index >= 15 is 0 Å². The van der Waals surface area contributed by atoms with Crippen molar-refractivity contribution < 1.29 is 4.74 Å². The molecule has 0 bridgehead atoms. The number of hydrogen-bond acceptors (Lipinski definition) is 3. The number of fused-ring (bicyclic) bond motifs is 1. The van der Waals surface area contributed by atoms with Gasteiger partial charge in [-0.15, -0.1) is 0 Å². The van der Waals surface area contributed by atoms with Crippen LogP contribution in [-0.4, -0.2) is 32.8 Å². The Balaban J connectivity index is 2.42. The van der Waals surface area contributed by atoms with E-state index in [9.17, 15) is 0 Å². The van der Waals surface area contributed by atoms with E-state index in [1.165, 1.54) is 16.5 Å². The summed E-state index contributed by atoms with van der Waals surface area (Å²) in [4.78, 5) is 2.41. The Bertz CT molecular complexity index is 565. The molecule has 3 heteroatoms. The lowest BCUT2D eigenvalue weighted by Gasteiger charge is -2.36. The minimum Gasteiger partial charge on any atom is -0.384 e. The van der Waals surface area contributed by atoms with Crippen molar-refractivity contribution in [3.63, 3.8) is 0 Å². The molecular formula is C18H26N2O. The van der Waals surface area contributed by atoms with Gasteiger partial charge in [0.1, 0.15) is 0 Å². The van der Waals surface area contributed by atoms with Crippen LogP contribution >= 0.6 is 0 Å². The molecule has 2 unspecified atom stereocenters. The van der Waals surface area contributed by atoms with Gasteiger partial charge in [-0.2, -0.15) is 0 Å². The second kappa shape index (κ2) is 7.43. The van der Waals surface area contributed by atoms with Crippen LogP contribution < -0.4 is 10.6 Å². The average molecular weight is 286 g/mol. The molecular weight excluding hydrogens is 260 g/mol. The Morgan fingerprint density at radius 1 is 1.14 bits per heavy atom. The zero-order valence-electron chi connectivity index (χ0n) is 13.3. The molecule has 0 aliphatic rings. The summed E-state index contributed by atoms with van der Waals surface area (Å²) in [5.74, 6) is 0.388. The Kier molecular flexibility index (Phi) is 5.59. The predicted octanol–water partition coefficient (Wildman–Crippen LogP) is 3.28. The summed E-state index contributed by atoms with van der Waals surface area (Å²) in [6.45, 7) is 6.67. The number of nitrogens with zero attached hydrogens (tertiary/aromatic N) is 1. The fraction of sp³-hybridized carbons (Fsp3) is 0.444. The Hall–Kier alpha value is -1.58. The van der Waals surface area contributed by atoms with Crippen molar-refractivity contribution in [2.75, 3.05) is 31.7 Å². The maximum atomic E-state index is 6.06. The van der Waals surface area contributed by atoms with E-state index in [1.54, 1.807) is 7.11 Å². The molecule has 2 N–H and O–H groups in total. The van der Waals surface area contributed by atoms with Crippen LogP contribution in [0.15, 0.2) is 42.5 Å². The Labute approximate surface area is 127 Å². The molecule has 0 aromatic heterocycles. The van der Waals surface area contributed by atoms with Crippen molar-refractivity contribution in [3.8, 4) is 0 Å². The van der Waals surface area contributed by atoms with Crippen molar-refractivity contribution >= 4 is 16.5 Å². The number of methoxy groups -OCH3 is 1. The standard InChI is InChI=1S/C18H26N2O/c1-4-20(18(12-19)14(2)13-21-3)17-11-7-9-15-8-5-6-10-16(15)17/h5-11,14,18H,4,12-13,19H2,1-3H3. The Morgan fingerprint density at radius 2 is 1.86 bits per heavy atom.